The van der Waals surface area contributed by atoms with E-state index in [4.69, 9.17) is 4.74 Å². The van der Waals surface area contributed by atoms with E-state index in [1.807, 2.05) is 17.0 Å². The molecular weight excluding hydrogens is 417 g/mol. The number of carbonyl (C=O) groups excluding carboxylic acids is 1. The Morgan fingerprint density at radius 2 is 1.85 bits per heavy atom. The van der Waals surface area contributed by atoms with Crippen LogP contribution in [-0.4, -0.2) is 65.7 Å². The molecule has 1 N–H and O–H groups in total. The highest BCUT2D eigenvalue weighted by Crippen LogP contribution is 2.37. The van der Waals surface area contributed by atoms with E-state index in [0.29, 0.717) is 19.6 Å². The first kappa shape index (κ1) is 22.5. The van der Waals surface area contributed by atoms with Crippen molar-refractivity contribution in [1.29, 1.82) is 0 Å². The fraction of sp³-hybridized carbons (Fsp3) is 0.519. The van der Waals surface area contributed by atoms with E-state index in [2.05, 4.69) is 43.1 Å². The Hall–Kier alpha value is -2.28. The van der Waals surface area contributed by atoms with Crippen molar-refractivity contribution in [2.45, 2.75) is 63.4 Å². The topological polar surface area (TPSA) is 44.8 Å². The van der Waals surface area contributed by atoms with E-state index in [1.54, 1.807) is 12.1 Å². The van der Waals surface area contributed by atoms with Crippen LogP contribution in [0.5, 0.6) is 0 Å². The van der Waals surface area contributed by atoms with Gasteiger partial charge in [-0.1, -0.05) is 36.4 Å². The summed E-state index contributed by atoms with van der Waals surface area (Å²) in [5, 5.41) is 3.64. The lowest BCUT2D eigenvalue weighted by Gasteiger charge is -2.51. The van der Waals surface area contributed by atoms with E-state index in [1.165, 1.54) is 17.7 Å². The minimum Gasteiger partial charge on any atom is -0.367 e. The second-order valence-electron chi connectivity index (χ2n) is 10.5. The average molecular weight is 452 g/mol. The molecule has 0 aromatic heterocycles. The van der Waals surface area contributed by atoms with Crippen LogP contribution in [0.4, 0.5) is 4.39 Å². The van der Waals surface area contributed by atoms with E-state index in [9.17, 15) is 9.18 Å². The molecule has 176 valence electrons. The van der Waals surface area contributed by atoms with Crippen molar-refractivity contribution < 1.29 is 13.9 Å². The number of nitrogens with zero attached hydrogens (tertiary/aromatic N) is 2. The van der Waals surface area contributed by atoms with Crippen LogP contribution in [-0.2, 0) is 16.0 Å². The first-order valence-electron chi connectivity index (χ1n) is 12.1. The van der Waals surface area contributed by atoms with Gasteiger partial charge in [-0.3, -0.25) is 9.69 Å². The van der Waals surface area contributed by atoms with Gasteiger partial charge in [-0.2, -0.15) is 0 Å². The Bertz CT molecular complexity index is 1000. The number of ether oxygens (including phenoxy) is 1. The number of fused-ring (bicyclic) bond motifs is 2. The van der Waals surface area contributed by atoms with E-state index in [0.717, 1.165) is 30.6 Å². The predicted molar refractivity (Wildman–Crippen MR) is 126 cm³/mol. The molecule has 5 nitrogen and oxygen atoms in total. The van der Waals surface area contributed by atoms with Crippen LogP contribution in [0, 0.1) is 5.82 Å². The van der Waals surface area contributed by atoms with Crippen molar-refractivity contribution in [2.24, 2.45) is 0 Å². The summed E-state index contributed by atoms with van der Waals surface area (Å²) in [5.74, 6) is -0.235. The summed E-state index contributed by atoms with van der Waals surface area (Å²) < 4.78 is 19.9. The number of hydrogen-bond acceptors (Lipinski definition) is 4. The summed E-state index contributed by atoms with van der Waals surface area (Å²) in [7, 11) is 0. The third-order valence-electron chi connectivity index (χ3n) is 7.45. The number of benzene rings is 2. The predicted octanol–water partition coefficient (Wildman–Crippen LogP) is 3.53. The van der Waals surface area contributed by atoms with E-state index in [-0.39, 0.29) is 35.4 Å². The highest BCUT2D eigenvalue weighted by Gasteiger charge is 2.45. The van der Waals surface area contributed by atoms with Crippen molar-refractivity contribution in [3.8, 4) is 0 Å². The van der Waals surface area contributed by atoms with Crippen molar-refractivity contribution >= 4 is 5.91 Å². The second-order valence-corrected chi connectivity index (χ2v) is 10.5. The molecule has 0 aliphatic carbocycles. The van der Waals surface area contributed by atoms with Gasteiger partial charge in [0, 0.05) is 37.3 Å². The SMILES string of the molecule is CC(C)(C)N1CCN[C@H]2C[C@H](C(=O)N3CCc4ccccc4[C@@H]3c3ccc(F)cc3)OC[C@@H]21. The molecule has 3 aliphatic rings. The van der Waals surface area contributed by atoms with Crippen LogP contribution in [0.25, 0.3) is 0 Å². The maximum absolute atomic E-state index is 13.9. The van der Waals surface area contributed by atoms with Gasteiger partial charge in [-0.15, -0.1) is 0 Å². The number of carbonyl (C=O) groups is 1. The molecule has 0 radical (unpaired) electrons. The Morgan fingerprint density at radius 1 is 1.09 bits per heavy atom. The molecule has 2 aromatic rings. The molecule has 6 heteroatoms. The van der Waals surface area contributed by atoms with Gasteiger partial charge in [-0.05, 0) is 62.4 Å². The minimum absolute atomic E-state index is 0.0342. The molecular formula is C27H34FN3O2. The third-order valence-corrected chi connectivity index (χ3v) is 7.45. The molecule has 5 rings (SSSR count). The van der Waals surface area contributed by atoms with Gasteiger partial charge in [0.05, 0.1) is 12.6 Å². The average Bonchev–Trinajstić information content (AvgIpc) is 2.82. The maximum Gasteiger partial charge on any atom is 0.252 e. The van der Waals surface area contributed by atoms with Crippen LogP contribution in [0.3, 0.4) is 0 Å². The molecule has 3 heterocycles. The van der Waals surface area contributed by atoms with Gasteiger partial charge in [-0.25, -0.2) is 4.39 Å². The molecule has 4 atom stereocenters. The highest BCUT2D eigenvalue weighted by atomic mass is 19.1. The lowest BCUT2D eigenvalue weighted by Crippen LogP contribution is -2.67. The number of piperazine rings is 1. The fourth-order valence-electron chi connectivity index (χ4n) is 5.85. The molecule has 0 saturated carbocycles. The van der Waals surface area contributed by atoms with Gasteiger partial charge in [0.25, 0.3) is 5.91 Å². The summed E-state index contributed by atoms with van der Waals surface area (Å²) in [6.45, 7) is 9.82. The maximum atomic E-state index is 13.9. The van der Waals surface area contributed by atoms with Gasteiger partial charge in [0.15, 0.2) is 0 Å². The second kappa shape index (κ2) is 8.82. The largest absolute Gasteiger partial charge is 0.367 e. The number of nitrogens with one attached hydrogen (secondary N) is 1. The summed E-state index contributed by atoms with van der Waals surface area (Å²) in [4.78, 5) is 18.3. The summed E-state index contributed by atoms with van der Waals surface area (Å²) in [5.41, 5.74) is 3.36. The molecule has 0 unspecified atom stereocenters. The summed E-state index contributed by atoms with van der Waals surface area (Å²) >= 11 is 0. The van der Waals surface area contributed by atoms with Crippen molar-refractivity contribution in [2.75, 3.05) is 26.2 Å². The third kappa shape index (κ3) is 4.32. The van der Waals surface area contributed by atoms with Gasteiger partial charge in [0.2, 0.25) is 0 Å². The fourth-order valence-corrected chi connectivity index (χ4v) is 5.85. The smallest absolute Gasteiger partial charge is 0.252 e. The summed E-state index contributed by atoms with van der Waals surface area (Å²) in [6.07, 6.45) is 1.02. The monoisotopic (exact) mass is 451 g/mol. The number of halogens is 1. The van der Waals surface area contributed by atoms with Gasteiger partial charge >= 0.3 is 0 Å². The summed E-state index contributed by atoms with van der Waals surface area (Å²) in [6, 6.07) is 15.1. The van der Waals surface area contributed by atoms with E-state index >= 15 is 0 Å². The van der Waals surface area contributed by atoms with Gasteiger partial charge in [0.1, 0.15) is 11.9 Å². The highest BCUT2D eigenvalue weighted by molar-refractivity contribution is 5.82. The Balaban J connectivity index is 1.40. The lowest BCUT2D eigenvalue weighted by atomic mass is 9.86. The van der Waals surface area contributed by atoms with Gasteiger partial charge < -0.3 is 15.0 Å². The van der Waals surface area contributed by atoms with Crippen LogP contribution in [0.1, 0.15) is 49.9 Å². The van der Waals surface area contributed by atoms with Crippen molar-refractivity contribution in [3.05, 3.63) is 71.0 Å². The Labute approximate surface area is 195 Å². The van der Waals surface area contributed by atoms with Crippen LogP contribution >= 0.6 is 0 Å². The normalized spacial score (nSPS) is 28.2. The lowest BCUT2D eigenvalue weighted by molar-refractivity contribution is -0.156. The molecule has 3 aliphatic heterocycles. The first-order chi connectivity index (χ1) is 15.8. The molecule has 33 heavy (non-hydrogen) atoms. The zero-order valence-corrected chi connectivity index (χ0v) is 19.8. The quantitative estimate of drug-likeness (QED) is 0.759. The minimum atomic E-state index is -0.466. The van der Waals surface area contributed by atoms with Crippen molar-refractivity contribution in [1.82, 2.24) is 15.1 Å². The Kier molecular flexibility index (Phi) is 6.02. The Morgan fingerprint density at radius 3 is 2.61 bits per heavy atom. The molecule has 2 fully saturated rings. The van der Waals surface area contributed by atoms with Crippen LogP contribution in [0.2, 0.25) is 0 Å². The number of amides is 1. The molecule has 0 spiro atoms. The first-order valence-corrected chi connectivity index (χ1v) is 12.1. The zero-order chi connectivity index (χ0) is 23.2. The number of rotatable bonds is 2. The van der Waals surface area contributed by atoms with E-state index < -0.39 is 6.10 Å². The number of hydrogen-bond donors (Lipinski definition) is 1. The van der Waals surface area contributed by atoms with Crippen LogP contribution < -0.4 is 5.32 Å². The molecule has 2 saturated heterocycles. The molecule has 1 amide bonds. The van der Waals surface area contributed by atoms with Crippen LogP contribution in [0.15, 0.2) is 48.5 Å². The zero-order valence-electron chi connectivity index (χ0n) is 19.8. The molecule has 0 bridgehead atoms. The standard InChI is InChI=1S/C27H34FN3O2/c1-27(2,3)31-15-13-29-22-16-24(33-17-23(22)31)26(32)30-14-12-18-6-4-5-7-21(18)25(30)19-8-10-20(28)11-9-19/h4-11,22-25,29H,12-17H2,1-3H3/t22-,23-,24+,25-/m0/s1. The molecule has 2 aromatic carbocycles. The van der Waals surface area contributed by atoms with Crippen molar-refractivity contribution in [3.63, 3.8) is 0 Å².